The van der Waals surface area contributed by atoms with Crippen molar-refractivity contribution >= 4 is 45.3 Å². The molecular formula is C24H25Cl2N3OS. The number of carbonyl (C=O) groups is 1. The number of nitrogens with zero attached hydrogens (tertiary/aromatic N) is 1. The molecule has 7 heteroatoms. The third-order valence-electron chi connectivity index (χ3n) is 5.72. The van der Waals surface area contributed by atoms with Gasteiger partial charge in [-0.1, -0.05) is 35.3 Å². The maximum atomic E-state index is 13.0. The number of piperidine rings is 1. The van der Waals surface area contributed by atoms with Gasteiger partial charge in [0, 0.05) is 34.7 Å². The van der Waals surface area contributed by atoms with Crippen LogP contribution < -0.4 is 11.1 Å². The minimum absolute atomic E-state index is 0.0371. The Kier molecular flexibility index (Phi) is 7.31. The van der Waals surface area contributed by atoms with E-state index < -0.39 is 0 Å². The molecule has 2 aromatic carbocycles. The number of nitrogens with one attached hydrogen (secondary N) is 1. The summed E-state index contributed by atoms with van der Waals surface area (Å²) in [5, 5.41) is 7.62. The topological polar surface area (TPSA) is 58.4 Å². The van der Waals surface area contributed by atoms with Gasteiger partial charge in [-0.05, 0) is 78.8 Å². The standard InChI is InChI=1S/C24H25Cl2N3OS/c25-19-5-1-16(2-6-19)13-28-21-9-11-29(12-10-21)14-18-15-31-24(27)22(18)23(30)17-3-7-20(26)8-4-17/h1-8,15,21,28H,9-14,27H2. The largest absolute Gasteiger partial charge is 0.390 e. The van der Waals surface area contributed by atoms with E-state index in [9.17, 15) is 4.79 Å². The summed E-state index contributed by atoms with van der Waals surface area (Å²) in [4.78, 5) is 15.4. The molecular weight excluding hydrogens is 449 g/mol. The zero-order valence-electron chi connectivity index (χ0n) is 17.1. The molecule has 2 heterocycles. The van der Waals surface area contributed by atoms with Gasteiger partial charge in [0.15, 0.2) is 5.78 Å². The Morgan fingerprint density at radius 3 is 2.29 bits per heavy atom. The molecule has 0 atom stereocenters. The van der Waals surface area contributed by atoms with Crippen molar-refractivity contribution in [2.75, 3.05) is 18.8 Å². The van der Waals surface area contributed by atoms with E-state index in [4.69, 9.17) is 28.9 Å². The summed E-state index contributed by atoms with van der Waals surface area (Å²) in [7, 11) is 0. The van der Waals surface area contributed by atoms with Crippen molar-refractivity contribution in [2.45, 2.75) is 32.0 Å². The Labute approximate surface area is 197 Å². The Morgan fingerprint density at radius 2 is 1.65 bits per heavy atom. The summed E-state index contributed by atoms with van der Waals surface area (Å²) in [5.74, 6) is -0.0371. The maximum Gasteiger partial charge on any atom is 0.196 e. The molecule has 162 valence electrons. The molecule has 31 heavy (non-hydrogen) atoms. The lowest BCUT2D eigenvalue weighted by atomic mass is 10.00. The van der Waals surface area contributed by atoms with Gasteiger partial charge >= 0.3 is 0 Å². The molecule has 0 unspecified atom stereocenters. The molecule has 4 nitrogen and oxygen atoms in total. The van der Waals surface area contributed by atoms with Crippen LogP contribution in [0.5, 0.6) is 0 Å². The summed E-state index contributed by atoms with van der Waals surface area (Å²) in [5.41, 5.74) is 9.67. The van der Waals surface area contributed by atoms with Crippen molar-refractivity contribution in [3.63, 3.8) is 0 Å². The van der Waals surface area contributed by atoms with Crippen molar-refractivity contribution in [3.05, 3.63) is 86.2 Å². The second-order valence-electron chi connectivity index (χ2n) is 7.89. The first-order valence-electron chi connectivity index (χ1n) is 10.4. The van der Waals surface area contributed by atoms with E-state index in [1.165, 1.54) is 16.9 Å². The minimum atomic E-state index is -0.0371. The Hall–Kier alpha value is -1.89. The van der Waals surface area contributed by atoms with Gasteiger partial charge in [-0.3, -0.25) is 9.69 Å². The molecule has 1 aliphatic rings. The molecule has 4 rings (SSSR count). The lowest BCUT2D eigenvalue weighted by molar-refractivity contribution is 0.103. The van der Waals surface area contributed by atoms with Gasteiger partial charge in [-0.25, -0.2) is 0 Å². The third kappa shape index (κ3) is 5.68. The van der Waals surface area contributed by atoms with Gasteiger partial charge < -0.3 is 11.1 Å². The van der Waals surface area contributed by atoms with Crippen molar-refractivity contribution < 1.29 is 4.79 Å². The van der Waals surface area contributed by atoms with Crippen LogP contribution in [0.1, 0.15) is 39.9 Å². The van der Waals surface area contributed by atoms with Crippen LogP contribution in [0.4, 0.5) is 5.00 Å². The number of halogens is 2. The number of carbonyl (C=O) groups excluding carboxylic acids is 1. The number of ketones is 1. The highest BCUT2D eigenvalue weighted by molar-refractivity contribution is 7.14. The second kappa shape index (κ2) is 10.2. The van der Waals surface area contributed by atoms with Crippen LogP contribution in [-0.2, 0) is 13.1 Å². The van der Waals surface area contributed by atoms with E-state index in [1.807, 2.05) is 17.5 Å². The molecule has 1 aromatic heterocycles. The van der Waals surface area contributed by atoms with E-state index in [1.54, 1.807) is 24.3 Å². The zero-order valence-corrected chi connectivity index (χ0v) is 19.4. The van der Waals surface area contributed by atoms with Gasteiger partial charge in [0.1, 0.15) is 0 Å². The minimum Gasteiger partial charge on any atom is -0.390 e. The summed E-state index contributed by atoms with van der Waals surface area (Å²) < 4.78 is 0. The summed E-state index contributed by atoms with van der Waals surface area (Å²) in [6.07, 6.45) is 2.15. The molecule has 0 amide bonds. The lowest BCUT2D eigenvalue weighted by Crippen LogP contribution is -2.42. The highest BCUT2D eigenvalue weighted by Gasteiger charge is 2.23. The van der Waals surface area contributed by atoms with Crippen LogP contribution in [0.3, 0.4) is 0 Å². The number of thiophene rings is 1. The average molecular weight is 474 g/mol. The Balaban J connectivity index is 1.33. The quantitative estimate of drug-likeness (QED) is 0.437. The number of hydrogen-bond donors (Lipinski definition) is 2. The van der Waals surface area contributed by atoms with Gasteiger partial charge in [0.05, 0.1) is 10.6 Å². The number of anilines is 1. The summed E-state index contributed by atoms with van der Waals surface area (Å²) >= 11 is 13.3. The first kappa shape index (κ1) is 22.3. The van der Waals surface area contributed by atoms with Gasteiger partial charge in [-0.15, -0.1) is 11.3 Å². The van der Waals surface area contributed by atoms with Crippen molar-refractivity contribution in [3.8, 4) is 0 Å². The van der Waals surface area contributed by atoms with Crippen LogP contribution in [0.15, 0.2) is 53.9 Å². The molecule has 3 aromatic rings. The van der Waals surface area contributed by atoms with Crippen LogP contribution in [0.25, 0.3) is 0 Å². The number of rotatable bonds is 7. The smallest absolute Gasteiger partial charge is 0.196 e. The molecule has 1 fully saturated rings. The van der Waals surface area contributed by atoms with Gasteiger partial charge in [0.25, 0.3) is 0 Å². The number of hydrogen-bond acceptors (Lipinski definition) is 5. The molecule has 0 radical (unpaired) electrons. The molecule has 0 spiro atoms. The fraction of sp³-hybridized carbons (Fsp3) is 0.292. The van der Waals surface area contributed by atoms with Gasteiger partial charge in [0.2, 0.25) is 0 Å². The van der Waals surface area contributed by atoms with Crippen LogP contribution in [-0.4, -0.2) is 29.8 Å². The highest BCUT2D eigenvalue weighted by Crippen LogP contribution is 2.30. The van der Waals surface area contributed by atoms with Crippen molar-refractivity contribution in [1.82, 2.24) is 10.2 Å². The highest BCUT2D eigenvalue weighted by atomic mass is 35.5. The number of nitrogen functional groups attached to an aromatic ring is 1. The van der Waals surface area contributed by atoms with Crippen molar-refractivity contribution in [2.24, 2.45) is 0 Å². The van der Waals surface area contributed by atoms with Crippen molar-refractivity contribution in [1.29, 1.82) is 0 Å². The predicted octanol–water partition coefficient (Wildman–Crippen LogP) is 5.62. The average Bonchev–Trinajstić information content (AvgIpc) is 3.14. The maximum absolute atomic E-state index is 13.0. The number of benzene rings is 2. The number of nitrogens with two attached hydrogens (primary N) is 1. The molecule has 0 bridgehead atoms. The first-order chi connectivity index (χ1) is 15.0. The van der Waals surface area contributed by atoms with Gasteiger partial charge in [-0.2, -0.15) is 0 Å². The van der Waals surface area contributed by atoms with E-state index in [2.05, 4.69) is 22.3 Å². The third-order valence-corrected chi connectivity index (χ3v) is 7.08. The number of likely N-dealkylation sites (tertiary alicyclic amines) is 1. The SMILES string of the molecule is Nc1scc(CN2CCC(NCc3ccc(Cl)cc3)CC2)c1C(=O)c1ccc(Cl)cc1. The van der Waals surface area contributed by atoms with E-state index >= 15 is 0 Å². The fourth-order valence-corrected chi connectivity index (χ4v) is 4.99. The monoisotopic (exact) mass is 473 g/mol. The molecule has 3 N–H and O–H groups in total. The van der Waals surface area contributed by atoms with E-state index in [0.717, 1.165) is 49.6 Å². The van der Waals surface area contributed by atoms with E-state index in [0.29, 0.717) is 27.2 Å². The van der Waals surface area contributed by atoms with E-state index in [-0.39, 0.29) is 5.78 Å². The summed E-state index contributed by atoms with van der Waals surface area (Å²) in [6.45, 7) is 3.57. The lowest BCUT2D eigenvalue weighted by Gasteiger charge is -2.32. The summed E-state index contributed by atoms with van der Waals surface area (Å²) in [6, 6.07) is 15.4. The molecule has 1 saturated heterocycles. The Morgan fingerprint density at radius 1 is 1.03 bits per heavy atom. The molecule has 0 aliphatic carbocycles. The van der Waals surface area contributed by atoms with Crippen LogP contribution in [0.2, 0.25) is 10.0 Å². The second-order valence-corrected chi connectivity index (χ2v) is 9.68. The van der Waals surface area contributed by atoms with Crippen LogP contribution >= 0.6 is 34.5 Å². The normalized spacial score (nSPS) is 15.3. The molecule has 1 aliphatic heterocycles. The molecule has 0 saturated carbocycles. The Bertz CT molecular complexity index is 1030. The first-order valence-corrected chi connectivity index (χ1v) is 12.0. The zero-order chi connectivity index (χ0) is 21.8. The predicted molar refractivity (Wildman–Crippen MR) is 130 cm³/mol. The van der Waals surface area contributed by atoms with Crippen LogP contribution in [0, 0.1) is 0 Å². The fourth-order valence-electron chi connectivity index (χ4n) is 3.93.